The summed E-state index contributed by atoms with van der Waals surface area (Å²) in [7, 11) is 0. The summed E-state index contributed by atoms with van der Waals surface area (Å²) in [5.41, 5.74) is 1.36. The monoisotopic (exact) mass is 383 g/mol. The molecule has 1 aromatic carbocycles. The zero-order chi connectivity index (χ0) is 20.1. The maximum atomic E-state index is 12.7. The largest absolute Gasteiger partial charge is 0.481 e. The predicted octanol–water partition coefficient (Wildman–Crippen LogP) is 4.60. The number of hydrogen-bond acceptors (Lipinski definition) is 2. The molecule has 3 aliphatic carbocycles. The Morgan fingerprint density at radius 3 is 2.61 bits per heavy atom. The average molecular weight is 384 g/mol. The molecular weight excluding hydrogens is 350 g/mol. The van der Waals surface area contributed by atoms with Crippen molar-refractivity contribution in [1.82, 2.24) is 5.32 Å². The number of aliphatic carboxylic acids is 1. The van der Waals surface area contributed by atoms with Crippen molar-refractivity contribution in [3.05, 3.63) is 48.0 Å². The second kappa shape index (κ2) is 8.93. The molecule has 0 aromatic heterocycles. The summed E-state index contributed by atoms with van der Waals surface area (Å²) in [6.45, 7) is 4.69. The third kappa shape index (κ3) is 4.84. The van der Waals surface area contributed by atoms with Gasteiger partial charge in [0.15, 0.2) is 0 Å². The molecule has 152 valence electrons. The van der Waals surface area contributed by atoms with E-state index in [4.69, 9.17) is 5.11 Å². The molecular formula is C24H33NO3. The van der Waals surface area contributed by atoms with Crippen LogP contribution in [-0.2, 0) is 16.0 Å². The molecule has 28 heavy (non-hydrogen) atoms. The zero-order valence-electron chi connectivity index (χ0n) is 17.1. The Morgan fingerprint density at radius 1 is 1.18 bits per heavy atom. The molecule has 4 nitrogen and oxygen atoms in total. The van der Waals surface area contributed by atoms with Crippen LogP contribution in [-0.4, -0.2) is 23.0 Å². The van der Waals surface area contributed by atoms with Gasteiger partial charge in [0.2, 0.25) is 5.91 Å². The molecule has 1 amide bonds. The van der Waals surface area contributed by atoms with Crippen LogP contribution >= 0.6 is 0 Å². The molecule has 3 saturated carbocycles. The molecule has 2 N–H and O–H groups in total. The number of benzene rings is 1. The van der Waals surface area contributed by atoms with E-state index in [1.165, 1.54) is 12.8 Å². The molecule has 0 aliphatic heterocycles. The quantitative estimate of drug-likeness (QED) is 0.484. The maximum absolute atomic E-state index is 12.7. The Morgan fingerprint density at radius 2 is 1.93 bits per heavy atom. The van der Waals surface area contributed by atoms with Crippen molar-refractivity contribution in [1.29, 1.82) is 0 Å². The van der Waals surface area contributed by atoms with Crippen molar-refractivity contribution in [3.63, 3.8) is 0 Å². The van der Waals surface area contributed by atoms with Gasteiger partial charge in [0.1, 0.15) is 0 Å². The normalized spacial score (nSPS) is 27.9. The van der Waals surface area contributed by atoms with Crippen LogP contribution in [0.1, 0.15) is 57.9 Å². The fraction of sp³-hybridized carbons (Fsp3) is 0.583. The minimum atomic E-state index is -0.732. The van der Waals surface area contributed by atoms with Crippen LogP contribution < -0.4 is 5.32 Å². The summed E-state index contributed by atoms with van der Waals surface area (Å²) in [4.78, 5) is 23.3. The maximum Gasteiger partial charge on any atom is 0.303 e. The van der Waals surface area contributed by atoms with E-state index in [9.17, 15) is 9.59 Å². The van der Waals surface area contributed by atoms with Crippen LogP contribution in [0.4, 0.5) is 0 Å². The van der Waals surface area contributed by atoms with Crippen molar-refractivity contribution in [2.75, 3.05) is 0 Å². The second-order valence-corrected chi connectivity index (χ2v) is 9.11. The number of nitrogens with one attached hydrogen (secondary N) is 1. The molecule has 1 aromatic rings. The highest BCUT2D eigenvalue weighted by molar-refractivity contribution is 5.79. The van der Waals surface area contributed by atoms with Crippen LogP contribution in [0.2, 0.25) is 0 Å². The second-order valence-electron chi connectivity index (χ2n) is 9.11. The van der Waals surface area contributed by atoms with Gasteiger partial charge in [-0.2, -0.15) is 0 Å². The van der Waals surface area contributed by atoms with E-state index < -0.39 is 5.97 Å². The third-order valence-electron chi connectivity index (χ3n) is 6.98. The lowest BCUT2D eigenvalue weighted by Gasteiger charge is -2.62. The van der Waals surface area contributed by atoms with Crippen LogP contribution in [0.25, 0.3) is 0 Å². The van der Waals surface area contributed by atoms with Crippen LogP contribution in [0.15, 0.2) is 42.5 Å². The van der Waals surface area contributed by atoms with Gasteiger partial charge in [0.25, 0.3) is 0 Å². The minimum absolute atomic E-state index is 0.118. The first-order valence-electron chi connectivity index (χ1n) is 10.6. The Kier molecular flexibility index (Phi) is 6.58. The molecule has 0 radical (unpaired) electrons. The minimum Gasteiger partial charge on any atom is -0.481 e. The standard InChI is InChI=1S/C24H33NO3/c1-24(2)19-15-18(12-8-3-4-9-13-22(27)28)23(20(24)16-19)25-21(26)14-17-10-6-5-7-11-17/h3,5-8,10-11,18-20,23H,4,9,12-16H2,1-2H3,(H,25,26)(H,27,28)/b8-3-/t18-,19-,20-,23+/m0/s1. The van der Waals surface area contributed by atoms with Gasteiger partial charge in [0.05, 0.1) is 6.42 Å². The zero-order valence-corrected chi connectivity index (χ0v) is 17.1. The number of amides is 1. The highest BCUT2D eigenvalue weighted by Crippen LogP contribution is 2.61. The van der Waals surface area contributed by atoms with Gasteiger partial charge in [0, 0.05) is 12.5 Å². The predicted molar refractivity (Wildman–Crippen MR) is 111 cm³/mol. The van der Waals surface area contributed by atoms with Gasteiger partial charge in [-0.05, 0) is 60.8 Å². The lowest BCUT2D eigenvalue weighted by molar-refractivity contribution is -0.137. The summed E-state index contributed by atoms with van der Waals surface area (Å²) in [6, 6.07) is 10.2. The lowest BCUT2D eigenvalue weighted by atomic mass is 9.44. The van der Waals surface area contributed by atoms with Crippen molar-refractivity contribution in [2.24, 2.45) is 23.2 Å². The SMILES string of the molecule is CC1(C)[C@H]2C[C@H](C/C=C\CCCC(=O)O)[C@@H](NC(=O)Cc3ccccc3)[C@@H]1C2. The van der Waals surface area contributed by atoms with Gasteiger partial charge in [-0.3, -0.25) is 9.59 Å². The number of rotatable bonds is 9. The fourth-order valence-corrected chi connectivity index (χ4v) is 5.15. The number of fused-ring (bicyclic) bond motifs is 2. The van der Waals surface area contributed by atoms with Crippen LogP contribution in [0.5, 0.6) is 0 Å². The van der Waals surface area contributed by atoms with Gasteiger partial charge >= 0.3 is 5.97 Å². The summed E-state index contributed by atoms with van der Waals surface area (Å²) >= 11 is 0. The molecule has 3 fully saturated rings. The van der Waals surface area contributed by atoms with Crippen LogP contribution in [0, 0.1) is 23.2 Å². The van der Waals surface area contributed by atoms with Crippen LogP contribution in [0.3, 0.4) is 0 Å². The van der Waals surface area contributed by atoms with Crippen molar-refractivity contribution in [3.8, 4) is 0 Å². The third-order valence-corrected chi connectivity index (χ3v) is 6.98. The molecule has 0 saturated heterocycles. The molecule has 4 atom stereocenters. The molecule has 3 aliphatic rings. The Bertz CT molecular complexity index is 710. The first kappa shape index (κ1) is 20.6. The van der Waals surface area contributed by atoms with Crippen molar-refractivity contribution in [2.45, 2.75) is 64.8 Å². The first-order chi connectivity index (χ1) is 13.4. The van der Waals surface area contributed by atoms with E-state index in [-0.39, 0.29) is 18.4 Å². The number of allylic oxidation sites excluding steroid dienone is 2. The molecule has 2 bridgehead atoms. The number of carboxylic acids is 1. The number of unbranched alkanes of at least 4 members (excludes halogenated alkanes) is 1. The highest BCUT2D eigenvalue weighted by atomic mass is 16.4. The Balaban J connectivity index is 1.57. The van der Waals surface area contributed by atoms with Gasteiger partial charge in [-0.1, -0.05) is 56.3 Å². The van der Waals surface area contributed by atoms with E-state index in [2.05, 4.69) is 31.3 Å². The Labute approximate surface area is 168 Å². The molecule has 4 heteroatoms. The van der Waals surface area contributed by atoms with Crippen molar-refractivity contribution >= 4 is 11.9 Å². The fourth-order valence-electron chi connectivity index (χ4n) is 5.15. The average Bonchev–Trinajstić information content (AvgIpc) is 2.65. The Hall–Kier alpha value is -2.10. The number of hydrogen-bond donors (Lipinski definition) is 2. The molecule has 0 unspecified atom stereocenters. The van der Waals surface area contributed by atoms with E-state index in [0.717, 1.165) is 24.3 Å². The van der Waals surface area contributed by atoms with E-state index >= 15 is 0 Å². The number of carbonyl (C=O) groups is 2. The lowest BCUT2D eigenvalue weighted by Crippen LogP contribution is -2.63. The summed E-state index contributed by atoms with van der Waals surface area (Å²) in [5, 5.41) is 12.1. The number of carboxylic acid groups (broad SMARTS) is 1. The molecule has 4 rings (SSSR count). The summed E-state index contributed by atoms with van der Waals surface area (Å²) in [5.74, 6) is 1.17. The van der Waals surface area contributed by atoms with Crippen molar-refractivity contribution < 1.29 is 14.7 Å². The smallest absolute Gasteiger partial charge is 0.303 e. The molecule has 0 heterocycles. The van der Waals surface area contributed by atoms with Gasteiger partial charge in [-0.25, -0.2) is 0 Å². The summed E-state index contributed by atoms with van der Waals surface area (Å²) < 4.78 is 0. The topological polar surface area (TPSA) is 66.4 Å². The van der Waals surface area contributed by atoms with E-state index in [0.29, 0.717) is 30.1 Å². The highest BCUT2D eigenvalue weighted by Gasteiger charge is 2.57. The number of carbonyl (C=O) groups excluding carboxylic acids is 1. The van der Waals surface area contributed by atoms with E-state index in [1.54, 1.807) is 0 Å². The summed E-state index contributed by atoms with van der Waals surface area (Å²) in [6.07, 6.45) is 9.82. The van der Waals surface area contributed by atoms with Gasteiger partial charge < -0.3 is 10.4 Å². The van der Waals surface area contributed by atoms with E-state index in [1.807, 2.05) is 30.3 Å². The first-order valence-corrected chi connectivity index (χ1v) is 10.6. The molecule has 0 spiro atoms. The van der Waals surface area contributed by atoms with Gasteiger partial charge in [-0.15, -0.1) is 0 Å².